The van der Waals surface area contributed by atoms with E-state index < -0.39 is 17.5 Å². The van der Waals surface area contributed by atoms with Crippen LogP contribution in [-0.4, -0.2) is 33.3 Å². The summed E-state index contributed by atoms with van der Waals surface area (Å²) >= 11 is 0. The topological polar surface area (TPSA) is 89.5 Å². The van der Waals surface area contributed by atoms with Crippen LogP contribution < -0.4 is 14.2 Å². The smallest absolute Gasteiger partial charge is 0.306 e. The van der Waals surface area contributed by atoms with Crippen molar-refractivity contribution in [2.24, 2.45) is 0 Å². The van der Waals surface area contributed by atoms with Gasteiger partial charge in [-0.15, -0.1) is 0 Å². The number of rotatable bonds is 17. The van der Waals surface area contributed by atoms with E-state index in [1.807, 2.05) is 97.1 Å². The minimum absolute atomic E-state index is 0.0156. The van der Waals surface area contributed by atoms with E-state index in [2.05, 4.69) is 59.3 Å². The molecule has 8 nitrogen and oxygen atoms in total. The van der Waals surface area contributed by atoms with Crippen LogP contribution in [0.25, 0.3) is 11.1 Å². The second-order valence-corrected chi connectivity index (χ2v) is 12.8. The Morgan fingerprint density at radius 2 is 1.04 bits per heavy atom. The summed E-state index contributed by atoms with van der Waals surface area (Å²) in [5.41, 5.74) is 6.83. The van der Waals surface area contributed by atoms with Crippen LogP contribution in [0.15, 0.2) is 152 Å². The molecule has 0 aromatic heterocycles. The van der Waals surface area contributed by atoms with Crippen LogP contribution in [-0.2, 0) is 49.2 Å². The second-order valence-electron chi connectivity index (χ2n) is 12.8. The molecule has 0 N–H and O–H groups in total. The second kappa shape index (κ2) is 18.6. The minimum atomic E-state index is -0.931. The Bertz CT molecular complexity index is 2100. The largest absolute Gasteiger partial charge is 0.497 e. The van der Waals surface area contributed by atoms with Gasteiger partial charge in [-0.1, -0.05) is 109 Å². The first kappa shape index (κ1) is 38.3. The van der Waals surface area contributed by atoms with Crippen molar-refractivity contribution >= 4 is 11.9 Å². The molecule has 8 heteroatoms. The van der Waals surface area contributed by atoms with Crippen molar-refractivity contribution in [2.75, 3.05) is 21.3 Å². The first-order chi connectivity index (χ1) is 26.9. The molecule has 55 heavy (non-hydrogen) atoms. The molecule has 0 spiro atoms. The molecule has 6 aromatic rings. The molecule has 0 atom stereocenters. The first-order valence-electron chi connectivity index (χ1n) is 18.0. The molecule has 6 rings (SSSR count). The van der Waals surface area contributed by atoms with Gasteiger partial charge in [0.1, 0.15) is 36.1 Å². The lowest BCUT2D eigenvalue weighted by atomic mass is 9.80. The average Bonchev–Trinajstić information content (AvgIpc) is 3.25. The lowest BCUT2D eigenvalue weighted by Crippen LogP contribution is -2.32. The number of carbonyl (C=O) groups is 2. The van der Waals surface area contributed by atoms with Crippen molar-refractivity contribution in [1.29, 1.82) is 0 Å². The van der Waals surface area contributed by atoms with Crippen molar-refractivity contribution in [1.82, 2.24) is 0 Å². The number of carbonyl (C=O) groups excluding carboxylic acids is 2. The van der Waals surface area contributed by atoms with Crippen LogP contribution >= 0.6 is 0 Å². The normalized spacial score (nSPS) is 11.0. The molecular weight excluding hydrogens is 693 g/mol. The quantitative estimate of drug-likeness (QED) is 0.0676. The van der Waals surface area contributed by atoms with Gasteiger partial charge >= 0.3 is 11.9 Å². The van der Waals surface area contributed by atoms with E-state index in [0.717, 1.165) is 56.0 Å². The number of esters is 2. The Morgan fingerprint density at radius 1 is 0.491 bits per heavy atom. The Balaban J connectivity index is 1.18. The van der Waals surface area contributed by atoms with Gasteiger partial charge in [-0.25, -0.2) is 0 Å². The third-order valence-corrected chi connectivity index (χ3v) is 9.41. The number of hydrogen-bond donors (Lipinski definition) is 0. The van der Waals surface area contributed by atoms with Crippen LogP contribution in [0.1, 0.15) is 46.2 Å². The Labute approximate surface area is 322 Å². The summed E-state index contributed by atoms with van der Waals surface area (Å²) in [6.45, 7) is 0.723. The molecule has 0 aliphatic carbocycles. The molecule has 0 saturated heterocycles. The Hall–Kier alpha value is -6.38. The number of methoxy groups -OCH3 is 3. The zero-order chi connectivity index (χ0) is 38.5. The van der Waals surface area contributed by atoms with Gasteiger partial charge in [0, 0.05) is 0 Å². The van der Waals surface area contributed by atoms with E-state index in [4.69, 9.17) is 23.7 Å². The van der Waals surface area contributed by atoms with Crippen molar-refractivity contribution in [3.63, 3.8) is 0 Å². The van der Waals surface area contributed by atoms with Crippen molar-refractivity contribution in [2.45, 2.75) is 38.3 Å². The minimum Gasteiger partial charge on any atom is -0.497 e. The molecule has 0 aliphatic rings. The van der Waals surface area contributed by atoms with E-state index in [1.54, 1.807) is 14.2 Å². The third-order valence-electron chi connectivity index (χ3n) is 9.41. The summed E-state index contributed by atoms with van der Waals surface area (Å²) in [4.78, 5) is 23.5. The van der Waals surface area contributed by atoms with Gasteiger partial charge in [-0.3, -0.25) is 9.59 Å². The van der Waals surface area contributed by atoms with Gasteiger partial charge in [-0.05, 0) is 87.0 Å². The molecule has 0 aliphatic heterocycles. The monoisotopic (exact) mass is 736 g/mol. The van der Waals surface area contributed by atoms with E-state index in [-0.39, 0.29) is 19.4 Å². The highest BCUT2D eigenvalue weighted by Gasteiger charge is 2.38. The highest BCUT2D eigenvalue weighted by molar-refractivity contribution is 5.77. The molecule has 0 unspecified atom stereocenters. The lowest BCUT2D eigenvalue weighted by Gasteiger charge is -2.36. The van der Waals surface area contributed by atoms with Crippen LogP contribution in [0.5, 0.6) is 17.2 Å². The van der Waals surface area contributed by atoms with Crippen LogP contribution in [0.4, 0.5) is 0 Å². The lowest BCUT2D eigenvalue weighted by molar-refractivity contribution is -0.149. The van der Waals surface area contributed by atoms with Crippen LogP contribution in [0, 0.1) is 0 Å². The van der Waals surface area contributed by atoms with E-state index in [9.17, 15) is 9.59 Å². The van der Waals surface area contributed by atoms with Gasteiger partial charge in [0.05, 0.1) is 40.8 Å². The summed E-state index contributed by atoms with van der Waals surface area (Å²) in [6, 6.07) is 50.3. The number of benzene rings is 6. The summed E-state index contributed by atoms with van der Waals surface area (Å²) in [5, 5.41) is 0. The maximum atomic E-state index is 12.1. The maximum absolute atomic E-state index is 12.1. The third kappa shape index (κ3) is 9.60. The number of ether oxygens (including phenoxy) is 6. The number of hydrogen-bond acceptors (Lipinski definition) is 8. The first-order valence-corrected chi connectivity index (χ1v) is 18.0. The van der Waals surface area contributed by atoms with Crippen molar-refractivity contribution < 1.29 is 38.0 Å². The van der Waals surface area contributed by atoms with Crippen LogP contribution in [0.2, 0.25) is 0 Å². The molecule has 0 saturated carbocycles. The molecule has 0 amide bonds. The summed E-state index contributed by atoms with van der Waals surface area (Å²) in [7, 11) is 4.61. The van der Waals surface area contributed by atoms with E-state index >= 15 is 0 Å². The molecular formula is C47H44O8. The summed E-state index contributed by atoms with van der Waals surface area (Å²) in [5.74, 6) is 1.33. The maximum Gasteiger partial charge on any atom is 0.306 e. The fraction of sp³-hybridized carbons (Fsp3) is 0.191. The molecule has 0 bridgehead atoms. The standard InChI is InChI=1S/C47H44O8/c1-50-42-24-18-40(19-25-42)47(39-14-5-4-6-15-39,41-20-26-43(51-2)27-21-41)55-31-34-10-9-13-36(30-34)35-16-22-44(23-17-35)53-32-37-11-7-8-12-38(37)33-54-46(49)29-28-45(48)52-3/h4-27,30H,28-29,31-33H2,1-3H3. The fourth-order valence-electron chi connectivity index (χ4n) is 6.39. The van der Waals surface area contributed by atoms with Gasteiger partial charge in [0.15, 0.2) is 0 Å². The van der Waals surface area contributed by atoms with Gasteiger partial charge in [0.25, 0.3) is 0 Å². The molecule has 0 radical (unpaired) electrons. The zero-order valence-corrected chi connectivity index (χ0v) is 31.2. The van der Waals surface area contributed by atoms with E-state index in [0.29, 0.717) is 19.0 Å². The Morgan fingerprint density at radius 3 is 1.64 bits per heavy atom. The summed E-state index contributed by atoms with van der Waals surface area (Å²) < 4.78 is 34.2. The summed E-state index contributed by atoms with van der Waals surface area (Å²) in [6.07, 6.45) is -0.0478. The average molecular weight is 737 g/mol. The van der Waals surface area contributed by atoms with E-state index in [1.165, 1.54) is 7.11 Å². The molecule has 0 fully saturated rings. The van der Waals surface area contributed by atoms with Gasteiger partial charge in [0.2, 0.25) is 0 Å². The molecule has 280 valence electrons. The van der Waals surface area contributed by atoms with Gasteiger partial charge in [-0.2, -0.15) is 0 Å². The van der Waals surface area contributed by atoms with Crippen molar-refractivity contribution in [3.8, 4) is 28.4 Å². The van der Waals surface area contributed by atoms with Gasteiger partial charge < -0.3 is 28.4 Å². The predicted octanol–water partition coefficient (Wildman–Crippen LogP) is 9.45. The highest BCUT2D eigenvalue weighted by atomic mass is 16.5. The van der Waals surface area contributed by atoms with Crippen molar-refractivity contribution in [3.05, 3.63) is 185 Å². The molecule has 6 aromatic carbocycles. The Kier molecular flexibility index (Phi) is 13.0. The van der Waals surface area contributed by atoms with Crippen LogP contribution in [0.3, 0.4) is 0 Å². The highest BCUT2D eigenvalue weighted by Crippen LogP contribution is 2.42. The predicted molar refractivity (Wildman–Crippen MR) is 211 cm³/mol. The SMILES string of the molecule is COC(=O)CCC(=O)OCc1ccccc1COc1ccc(-c2cccc(COC(c3ccccc3)(c3ccc(OC)cc3)c3ccc(OC)cc3)c2)cc1. The molecule has 0 heterocycles. The fourth-order valence-corrected chi connectivity index (χ4v) is 6.39. The zero-order valence-electron chi connectivity index (χ0n) is 31.2.